The predicted molar refractivity (Wildman–Crippen MR) is 71.1 cm³/mol. The number of hydrogen-bond donors (Lipinski definition) is 1. The smallest absolute Gasteiger partial charge is 0.328 e. The lowest BCUT2D eigenvalue weighted by Gasteiger charge is -2.26. The van der Waals surface area contributed by atoms with Gasteiger partial charge in [-0.1, -0.05) is 46.1 Å². The molecule has 90 valence electrons. The van der Waals surface area contributed by atoms with Crippen molar-refractivity contribution in [1.82, 2.24) is 0 Å². The fourth-order valence-electron chi connectivity index (χ4n) is 2.48. The molecule has 1 aliphatic rings. The van der Waals surface area contributed by atoms with Gasteiger partial charge in [0.2, 0.25) is 0 Å². The molecular formula is C14H15BrO2. The van der Waals surface area contributed by atoms with Gasteiger partial charge in [-0.15, -0.1) is 0 Å². The maximum Gasteiger partial charge on any atom is 0.328 e. The number of rotatable bonds is 2. The van der Waals surface area contributed by atoms with Crippen LogP contribution in [0.1, 0.15) is 37.2 Å². The summed E-state index contributed by atoms with van der Waals surface area (Å²) < 4.78 is 1.07. The molecule has 1 fully saturated rings. The van der Waals surface area contributed by atoms with Crippen LogP contribution >= 0.6 is 15.9 Å². The van der Waals surface area contributed by atoms with Crippen molar-refractivity contribution in [2.24, 2.45) is 0 Å². The molecule has 1 aromatic rings. The molecule has 2 rings (SSSR count). The maximum atomic E-state index is 10.8. The molecule has 0 radical (unpaired) electrons. The Hall–Kier alpha value is -1.09. The van der Waals surface area contributed by atoms with E-state index >= 15 is 0 Å². The van der Waals surface area contributed by atoms with E-state index in [0.29, 0.717) is 0 Å². The Bertz CT molecular complexity index is 451. The molecule has 1 atom stereocenters. The van der Waals surface area contributed by atoms with Gasteiger partial charge in [0.15, 0.2) is 0 Å². The number of benzene rings is 1. The third-order valence-electron chi connectivity index (χ3n) is 3.25. The molecule has 1 aromatic carbocycles. The van der Waals surface area contributed by atoms with Crippen LogP contribution in [0.4, 0.5) is 0 Å². The lowest BCUT2D eigenvalue weighted by atomic mass is 9.79. The van der Waals surface area contributed by atoms with E-state index < -0.39 is 5.97 Å². The number of aliphatic carboxylic acids is 1. The summed E-state index contributed by atoms with van der Waals surface area (Å²) in [6.07, 6.45) is 5.60. The van der Waals surface area contributed by atoms with Crippen LogP contribution in [0.5, 0.6) is 0 Å². The summed E-state index contributed by atoms with van der Waals surface area (Å²) in [6.45, 7) is 0. The van der Waals surface area contributed by atoms with Gasteiger partial charge in [0.05, 0.1) is 0 Å². The van der Waals surface area contributed by atoms with Gasteiger partial charge in [-0.25, -0.2) is 4.79 Å². The molecule has 17 heavy (non-hydrogen) atoms. The fourth-order valence-corrected chi connectivity index (χ4v) is 3.04. The van der Waals surface area contributed by atoms with Crippen LogP contribution in [0.2, 0.25) is 0 Å². The molecule has 1 saturated carbocycles. The van der Waals surface area contributed by atoms with Crippen LogP contribution in [0, 0.1) is 0 Å². The zero-order valence-corrected chi connectivity index (χ0v) is 11.1. The highest BCUT2D eigenvalue weighted by atomic mass is 79.9. The van der Waals surface area contributed by atoms with E-state index in [9.17, 15) is 4.79 Å². The average Bonchev–Trinajstić information content (AvgIpc) is 2.30. The van der Waals surface area contributed by atoms with E-state index in [4.69, 9.17) is 5.11 Å². The molecule has 0 aromatic heterocycles. The summed E-state index contributed by atoms with van der Waals surface area (Å²) in [7, 11) is 0. The molecule has 1 unspecified atom stereocenters. The topological polar surface area (TPSA) is 37.3 Å². The number of carbonyl (C=O) groups is 1. The number of carboxylic acids is 1. The monoisotopic (exact) mass is 294 g/mol. The van der Waals surface area contributed by atoms with Crippen molar-refractivity contribution < 1.29 is 9.90 Å². The molecular weight excluding hydrogens is 280 g/mol. The summed E-state index contributed by atoms with van der Waals surface area (Å²) >= 11 is 3.55. The van der Waals surface area contributed by atoms with Gasteiger partial charge in [0.1, 0.15) is 0 Å². The first-order chi connectivity index (χ1) is 8.18. The minimum Gasteiger partial charge on any atom is -0.478 e. The molecule has 1 N–H and O–H groups in total. The van der Waals surface area contributed by atoms with Crippen molar-refractivity contribution in [2.45, 2.75) is 31.6 Å². The van der Waals surface area contributed by atoms with Crippen molar-refractivity contribution in [2.75, 3.05) is 0 Å². The summed E-state index contributed by atoms with van der Waals surface area (Å²) in [5, 5.41) is 8.91. The van der Waals surface area contributed by atoms with Gasteiger partial charge in [-0.2, -0.15) is 0 Å². The summed E-state index contributed by atoms with van der Waals surface area (Å²) in [4.78, 5) is 10.8. The quantitative estimate of drug-likeness (QED) is 0.833. The Labute approximate surface area is 109 Å². The second kappa shape index (κ2) is 5.50. The normalized spacial score (nSPS) is 22.6. The first kappa shape index (κ1) is 12.4. The molecule has 0 amide bonds. The number of carboxylic acid groups (broad SMARTS) is 1. The summed E-state index contributed by atoms with van der Waals surface area (Å²) in [5.74, 6) is -0.575. The predicted octanol–water partition coefficient (Wildman–Crippen LogP) is 4.12. The Balaban J connectivity index is 2.35. The standard InChI is InChI=1S/C14H15BrO2/c15-13-8-4-3-7-12(13)11-6-2-1-5-10(11)9-14(16)17/h3-4,7-9,11H,1-2,5-6H2,(H,16,17)/b10-9+. The summed E-state index contributed by atoms with van der Waals surface area (Å²) in [6, 6.07) is 8.09. The van der Waals surface area contributed by atoms with Gasteiger partial charge in [-0.05, 0) is 30.9 Å². The highest BCUT2D eigenvalue weighted by Gasteiger charge is 2.22. The van der Waals surface area contributed by atoms with Crippen molar-refractivity contribution in [3.8, 4) is 0 Å². The molecule has 1 aliphatic carbocycles. The third-order valence-corrected chi connectivity index (χ3v) is 3.97. The summed E-state index contributed by atoms with van der Waals surface area (Å²) in [5.41, 5.74) is 2.26. The SMILES string of the molecule is O=C(O)/C=C1\CCCCC1c1ccccc1Br. The molecule has 2 nitrogen and oxygen atoms in total. The van der Waals surface area contributed by atoms with E-state index in [2.05, 4.69) is 22.0 Å². The minimum atomic E-state index is -0.834. The Kier molecular flexibility index (Phi) is 4.00. The molecule has 0 heterocycles. The van der Waals surface area contributed by atoms with Gasteiger partial charge in [0, 0.05) is 16.5 Å². The van der Waals surface area contributed by atoms with Crippen molar-refractivity contribution >= 4 is 21.9 Å². The highest BCUT2D eigenvalue weighted by Crippen LogP contribution is 2.39. The lowest BCUT2D eigenvalue weighted by Crippen LogP contribution is -2.10. The Morgan fingerprint density at radius 1 is 1.35 bits per heavy atom. The average molecular weight is 295 g/mol. The zero-order chi connectivity index (χ0) is 12.3. The molecule has 3 heteroatoms. The number of hydrogen-bond acceptors (Lipinski definition) is 1. The highest BCUT2D eigenvalue weighted by molar-refractivity contribution is 9.10. The number of allylic oxidation sites excluding steroid dienone is 1. The van der Waals surface area contributed by atoms with Crippen molar-refractivity contribution in [3.63, 3.8) is 0 Å². The van der Waals surface area contributed by atoms with E-state index in [-0.39, 0.29) is 5.92 Å². The van der Waals surface area contributed by atoms with Crippen LogP contribution < -0.4 is 0 Å². The van der Waals surface area contributed by atoms with E-state index in [1.54, 1.807) is 0 Å². The van der Waals surface area contributed by atoms with Crippen LogP contribution in [-0.2, 0) is 4.79 Å². The first-order valence-electron chi connectivity index (χ1n) is 5.86. The van der Waals surface area contributed by atoms with E-state index in [0.717, 1.165) is 29.3 Å². The van der Waals surface area contributed by atoms with Gasteiger partial charge >= 0.3 is 5.97 Å². The Morgan fingerprint density at radius 3 is 2.82 bits per heavy atom. The molecule has 0 bridgehead atoms. The van der Waals surface area contributed by atoms with Gasteiger partial charge in [0.25, 0.3) is 0 Å². The van der Waals surface area contributed by atoms with Crippen LogP contribution in [0.15, 0.2) is 40.4 Å². The fraction of sp³-hybridized carbons (Fsp3) is 0.357. The van der Waals surface area contributed by atoms with E-state index in [1.807, 2.05) is 18.2 Å². The minimum absolute atomic E-state index is 0.260. The third kappa shape index (κ3) is 2.97. The second-order valence-electron chi connectivity index (χ2n) is 4.38. The van der Waals surface area contributed by atoms with Crippen molar-refractivity contribution in [1.29, 1.82) is 0 Å². The maximum absolute atomic E-state index is 10.8. The first-order valence-corrected chi connectivity index (χ1v) is 6.65. The molecule has 0 spiro atoms. The number of halogens is 1. The molecule has 0 aliphatic heterocycles. The van der Waals surface area contributed by atoms with Crippen LogP contribution in [-0.4, -0.2) is 11.1 Å². The van der Waals surface area contributed by atoms with Crippen LogP contribution in [0.25, 0.3) is 0 Å². The van der Waals surface area contributed by atoms with Gasteiger partial charge in [-0.3, -0.25) is 0 Å². The van der Waals surface area contributed by atoms with Crippen LogP contribution in [0.3, 0.4) is 0 Å². The lowest BCUT2D eigenvalue weighted by molar-refractivity contribution is -0.131. The van der Waals surface area contributed by atoms with Crippen molar-refractivity contribution in [3.05, 3.63) is 46.0 Å². The molecule has 0 saturated heterocycles. The van der Waals surface area contributed by atoms with E-state index in [1.165, 1.54) is 18.1 Å². The second-order valence-corrected chi connectivity index (χ2v) is 5.23. The Morgan fingerprint density at radius 2 is 2.12 bits per heavy atom. The zero-order valence-electron chi connectivity index (χ0n) is 9.53. The van der Waals surface area contributed by atoms with Gasteiger partial charge < -0.3 is 5.11 Å². The largest absolute Gasteiger partial charge is 0.478 e.